The second kappa shape index (κ2) is 10.8. The number of halogens is 3. The van der Waals surface area contributed by atoms with E-state index in [1.165, 1.54) is 0 Å². The molecule has 2 aliphatic rings. The molecule has 0 bridgehead atoms. The molecule has 1 aliphatic heterocycles. The van der Waals surface area contributed by atoms with E-state index in [0.717, 1.165) is 24.8 Å². The van der Waals surface area contributed by atoms with Gasteiger partial charge in [0.2, 0.25) is 5.54 Å². The average Bonchev–Trinajstić information content (AvgIpc) is 3.61. The van der Waals surface area contributed by atoms with Gasteiger partial charge in [-0.3, -0.25) is 14.3 Å². The van der Waals surface area contributed by atoms with Crippen molar-refractivity contribution in [2.24, 2.45) is 0 Å². The minimum Gasteiger partial charge on any atom is -0.328 e. The number of alkyl halides is 3. The molecule has 1 saturated carbocycles. The number of unbranched alkanes of at least 4 members (excludes halogenated alkanes) is 4. The smallest absolute Gasteiger partial charge is 0.328 e. The molecule has 2 amide bonds. The topological polar surface area (TPSA) is 75.3 Å². The Labute approximate surface area is 200 Å². The average molecular weight is 495 g/mol. The van der Waals surface area contributed by atoms with E-state index < -0.39 is 46.5 Å². The van der Waals surface area contributed by atoms with Crippen molar-refractivity contribution >= 4 is 28.4 Å². The maximum absolute atomic E-state index is 14.3. The Morgan fingerprint density at radius 3 is 2.47 bits per heavy atom. The fourth-order valence-electron chi connectivity index (χ4n) is 3.71. The zero-order chi connectivity index (χ0) is 24.9. The number of hydrogen-bond acceptors (Lipinski definition) is 3. The Balaban J connectivity index is 2.01. The molecule has 9 heteroatoms. The summed E-state index contributed by atoms with van der Waals surface area (Å²) >= 11 is 0. The van der Waals surface area contributed by atoms with Gasteiger partial charge >= 0.3 is 6.18 Å². The van der Waals surface area contributed by atoms with Crippen LogP contribution in [0.2, 0.25) is 0 Å². The zero-order valence-corrected chi connectivity index (χ0v) is 20.1. The first kappa shape index (κ1) is 26.0. The van der Waals surface area contributed by atoms with Gasteiger partial charge < -0.3 is 5.32 Å². The van der Waals surface area contributed by atoms with Gasteiger partial charge in [0.25, 0.3) is 11.8 Å². The number of hydrogen-bond donors (Lipinski definition) is 2. The molecule has 0 saturated heterocycles. The van der Waals surface area contributed by atoms with E-state index in [2.05, 4.69) is 16.6 Å². The van der Waals surface area contributed by atoms with Crippen LogP contribution in [0.15, 0.2) is 29.8 Å². The highest BCUT2D eigenvalue weighted by atomic mass is 32.2. The second-order valence-electron chi connectivity index (χ2n) is 8.79. The number of carbonyl (C=O) groups is 2. The zero-order valence-electron chi connectivity index (χ0n) is 19.3. The first-order valence-electron chi connectivity index (χ1n) is 11.5. The largest absolute Gasteiger partial charge is 0.423 e. The van der Waals surface area contributed by atoms with E-state index >= 15 is 0 Å². The second-order valence-corrected chi connectivity index (χ2v) is 10.3. The van der Waals surface area contributed by atoms with Gasteiger partial charge in [-0.1, -0.05) is 61.9 Å². The van der Waals surface area contributed by atoms with Crippen molar-refractivity contribution in [3.63, 3.8) is 0 Å². The standard InChI is InChI=1S/C25H29F3N2O3S/c1-3-4-5-6-7-8-15-24(25(26,27)28)16-20(18-11-9-17(2)10-12-18)21(22(31)29-24)23(32)30-34(33)19-13-14-19/h9-12,19H,3-7,13-14,16H2,1-2H3,(H,29,31)(H,30,32). The number of benzene rings is 1. The highest BCUT2D eigenvalue weighted by molar-refractivity contribution is 7.84. The summed E-state index contributed by atoms with van der Waals surface area (Å²) in [5.74, 6) is 2.78. The molecule has 1 fully saturated rings. The molecule has 3 rings (SSSR count). The van der Waals surface area contributed by atoms with Crippen molar-refractivity contribution in [2.45, 2.75) is 82.2 Å². The molecular formula is C25H29F3N2O3S. The van der Waals surface area contributed by atoms with Gasteiger partial charge in [-0.2, -0.15) is 13.2 Å². The van der Waals surface area contributed by atoms with E-state index in [4.69, 9.17) is 0 Å². The van der Waals surface area contributed by atoms with Gasteiger partial charge in [0.1, 0.15) is 16.6 Å². The lowest BCUT2D eigenvalue weighted by Crippen LogP contribution is -2.61. The van der Waals surface area contributed by atoms with Crippen LogP contribution in [0.5, 0.6) is 0 Å². The lowest BCUT2D eigenvalue weighted by molar-refractivity contribution is -0.180. The normalized spacial score (nSPS) is 21.4. The maximum atomic E-state index is 14.3. The molecule has 2 unspecified atom stereocenters. The Hall–Kier alpha value is -2.60. The number of carbonyl (C=O) groups excluding carboxylic acids is 2. The Morgan fingerprint density at radius 2 is 1.88 bits per heavy atom. The molecule has 0 aromatic heterocycles. The quantitative estimate of drug-likeness (QED) is 0.318. The summed E-state index contributed by atoms with van der Waals surface area (Å²) in [4.78, 5) is 25.9. The van der Waals surface area contributed by atoms with Crippen molar-refractivity contribution in [3.05, 3.63) is 41.0 Å². The summed E-state index contributed by atoms with van der Waals surface area (Å²) in [5.41, 5.74) is -2.14. The van der Waals surface area contributed by atoms with Gasteiger partial charge in [-0.05, 0) is 37.3 Å². The van der Waals surface area contributed by atoms with Gasteiger partial charge in [0, 0.05) is 12.8 Å². The predicted octanol–water partition coefficient (Wildman–Crippen LogP) is 4.49. The van der Waals surface area contributed by atoms with E-state index in [0.29, 0.717) is 24.8 Å². The molecule has 1 aromatic carbocycles. The summed E-state index contributed by atoms with van der Waals surface area (Å²) in [6, 6.07) is 6.55. The lowest BCUT2D eigenvalue weighted by atomic mass is 9.80. The molecule has 1 aromatic rings. The van der Waals surface area contributed by atoms with Crippen LogP contribution in [0.25, 0.3) is 5.57 Å². The summed E-state index contributed by atoms with van der Waals surface area (Å²) in [5, 5.41) is 1.79. The van der Waals surface area contributed by atoms with Crippen molar-refractivity contribution < 1.29 is 27.0 Å². The van der Waals surface area contributed by atoms with Crippen molar-refractivity contribution in [2.75, 3.05) is 0 Å². The van der Waals surface area contributed by atoms with Crippen LogP contribution < -0.4 is 10.0 Å². The first-order valence-corrected chi connectivity index (χ1v) is 12.7. The molecule has 184 valence electrons. The van der Waals surface area contributed by atoms with Crippen molar-refractivity contribution in [1.29, 1.82) is 0 Å². The fraction of sp³-hybridized carbons (Fsp3) is 0.520. The number of amides is 2. The van der Waals surface area contributed by atoms with E-state index in [1.54, 1.807) is 24.3 Å². The third kappa shape index (κ3) is 6.09. The Bertz CT molecular complexity index is 1050. The third-order valence-electron chi connectivity index (χ3n) is 5.89. The van der Waals surface area contributed by atoms with Crippen molar-refractivity contribution in [1.82, 2.24) is 10.0 Å². The molecular weight excluding hydrogens is 465 g/mol. The van der Waals surface area contributed by atoms with Crippen LogP contribution >= 0.6 is 0 Å². The third-order valence-corrected chi connectivity index (χ3v) is 7.35. The van der Waals surface area contributed by atoms with Gasteiger partial charge in [0.05, 0.1) is 5.25 Å². The van der Waals surface area contributed by atoms with Crippen LogP contribution in [0.3, 0.4) is 0 Å². The van der Waals surface area contributed by atoms with E-state index in [1.807, 2.05) is 19.2 Å². The molecule has 0 spiro atoms. The molecule has 2 atom stereocenters. The highest BCUT2D eigenvalue weighted by Crippen LogP contribution is 2.42. The number of aryl methyl sites for hydroxylation is 1. The van der Waals surface area contributed by atoms with Crippen LogP contribution in [-0.2, 0) is 20.6 Å². The number of nitrogens with one attached hydrogen (secondary N) is 2. The Kier molecular flexibility index (Phi) is 8.24. The predicted molar refractivity (Wildman–Crippen MR) is 125 cm³/mol. The molecule has 34 heavy (non-hydrogen) atoms. The molecule has 0 radical (unpaired) electrons. The van der Waals surface area contributed by atoms with Gasteiger partial charge in [-0.25, -0.2) is 4.21 Å². The van der Waals surface area contributed by atoms with E-state index in [9.17, 15) is 27.0 Å². The summed E-state index contributed by atoms with van der Waals surface area (Å²) < 4.78 is 57.4. The Morgan fingerprint density at radius 1 is 1.21 bits per heavy atom. The molecule has 5 nitrogen and oxygen atoms in total. The molecule has 1 aliphatic carbocycles. The van der Waals surface area contributed by atoms with E-state index in [-0.39, 0.29) is 17.2 Å². The fourth-order valence-corrected chi connectivity index (χ4v) is 4.73. The van der Waals surface area contributed by atoms with Crippen LogP contribution in [-0.4, -0.2) is 33.0 Å². The molecule has 2 N–H and O–H groups in total. The summed E-state index contributed by atoms with van der Waals surface area (Å²) in [6.45, 7) is 3.86. The minimum atomic E-state index is -4.87. The monoisotopic (exact) mass is 494 g/mol. The summed E-state index contributed by atoms with van der Waals surface area (Å²) in [6.07, 6.45) is -0.411. The SMILES string of the molecule is CCCCCCC#CC1(C(F)(F)F)CC(c2ccc(C)cc2)=C(C(=O)NS(=O)C2CC2)C(=O)N1. The van der Waals surface area contributed by atoms with Crippen LogP contribution in [0.4, 0.5) is 13.2 Å². The van der Waals surface area contributed by atoms with Crippen molar-refractivity contribution in [3.8, 4) is 11.8 Å². The maximum Gasteiger partial charge on any atom is 0.423 e. The first-order chi connectivity index (χ1) is 16.1. The minimum absolute atomic E-state index is 0.0633. The number of rotatable bonds is 8. The van der Waals surface area contributed by atoms with Crippen LogP contribution in [0.1, 0.15) is 69.4 Å². The van der Waals surface area contributed by atoms with Gasteiger partial charge in [-0.15, -0.1) is 5.92 Å². The summed E-state index contributed by atoms with van der Waals surface area (Å²) in [7, 11) is -1.69. The molecule has 1 heterocycles. The van der Waals surface area contributed by atoms with Gasteiger partial charge in [0.15, 0.2) is 0 Å². The van der Waals surface area contributed by atoms with Crippen LogP contribution in [0, 0.1) is 18.8 Å². The highest BCUT2D eigenvalue weighted by Gasteiger charge is 2.58. The lowest BCUT2D eigenvalue weighted by Gasteiger charge is -2.37.